The Bertz CT molecular complexity index is 719. The monoisotopic (exact) mass is 342 g/mol. The largest absolute Gasteiger partial charge is 0.443 e. The lowest BCUT2D eigenvalue weighted by atomic mass is 10.1. The van der Waals surface area contributed by atoms with Crippen LogP contribution in [0.4, 0.5) is 10.5 Å². The molecule has 0 radical (unpaired) electrons. The maximum atomic E-state index is 12.9. The molecule has 2 rings (SSSR count). The lowest BCUT2D eigenvalue weighted by Crippen LogP contribution is -2.37. The molecule has 0 N–H and O–H groups in total. The van der Waals surface area contributed by atoms with Gasteiger partial charge in [0.25, 0.3) is 0 Å². The summed E-state index contributed by atoms with van der Waals surface area (Å²) in [6.07, 6.45) is 4.13. The van der Waals surface area contributed by atoms with Gasteiger partial charge in [0.15, 0.2) is 0 Å². The van der Waals surface area contributed by atoms with Crippen LogP contribution in [0.25, 0.3) is 10.9 Å². The summed E-state index contributed by atoms with van der Waals surface area (Å²) in [6, 6.07) is 9.92. The molecule has 0 aliphatic rings. The molecule has 4 heteroatoms. The van der Waals surface area contributed by atoms with Crippen molar-refractivity contribution in [1.29, 1.82) is 0 Å². The van der Waals surface area contributed by atoms with Gasteiger partial charge in [0.2, 0.25) is 0 Å². The van der Waals surface area contributed by atoms with Crippen LogP contribution in [0, 0.1) is 6.92 Å². The number of carbonyl (C=O) groups is 1. The van der Waals surface area contributed by atoms with Crippen molar-refractivity contribution in [2.75, 3.05) is 11.4 Å². The molecule has 0 bridgehead atoms. The third-order valence-corrected chi connectivity index (χ3v) is 3.96. The Balaban J connectivity index is 2.38. The number of benzene rings is 1. The van der Waals surface area contributed by atoms with Crippen molar-refractivity contribution < 1.29 is 9.53 Å². The van der Waals surface area contributed by atoms with Crippen LogP contribution < -0.4 is 4.90 Å². The molecule has 0 saturated heterocycles. The fraction of sp³-hybridized carbons (Fsp3) is 0.524. The van der Waals surface area contributed by atoms with Crippen LogP contribution in [0.2, 0.25) is 0 Å². The third kappa shape index (κ3) is 5.45. The van der Waals surface area contributed by atoms with E-state index in [0.29, 0.717) is 6.54 Å². The number of pyridine rings is 1. The second-order valence-corrected chi connectivity index (χ2v) is 7.49. The van der Waals surface area contributed by atoms with Gasteiger partial charge in [0.1, 0.15) is 5.60 Å². The SMILES string of the molecule is CCCCCCN(C(=O)OC(C)(C)C)c1cc(C)nc2ccccc12. The van der Waals surface area contributed by atoms with E-state index < -0.39 is 5.60 Å². The molecule has 136 valence electrons. The van der Waals surface area contributed by atoms with Crippen molar-refractivity contribution in [1.82, 2.24) is 4.98 Å². The number of amides is 1. The van der Waals surface area contributed by atoms with E-state index in [-0.39, 0.29) is 6.09 Å². The third-order valence-electron chi connectivity index (χ3n) is 3.96. The van der Waals surface area contributed by atoms with Gasteiger partial charge in [-0.25, -0.2) is 4.79 Å². The van der Waals surface area contributed by atoms with E-state index >= 15 is 0 Å². The Morgan fingerprint density at radius 3 is 2.56 bits per heavy atom. The molecular weight excluding hydrogens is 312 g/mol. The van der Waals surface area contributed by atoms with Gasteiger partial charge in [0, 0.05) is 17.6 Å². The maximum absolute atomic E-state index is 12.9. The Morgan fingerprint density at radius 2 is 1.88 bits per heavy atom. The fourth-order valence-corrected chi connectivity index (χ4v) is 2.83. The number of hydrogen-bond donors (Lipinski definition) is 0. The van der Waals surface area contributed by atoms with Gasteiger partial charge in [0.05, 0.1) is 11.2 Å². The topological polar surface area (TPSA) is 42.4 Å². The minimum atomic E-state index is -0.517. The predicted octanol–water partition coefficient (Wildman–Crippen LogP) is 5.87. The molecule has 0 spiro atoms. The van der Waals surface area contributed by atoms with E-state index in [4.69, 9.17) is 4.74 Å². The average Bonchev–Trinajstić information content (AvgIpc) is 2.52. The first-order chi connectivity index (χ1) is 11.8. The van der Waals surface area contributed by atoms with Crippen LogP contribution in [0.1, 0.15) is 59.1 Å². The first-order valence-electron chi connectivity index (χ1n) is 9.18. The average molecular weight is 342 g/mol. The maximum Gasteiger partial charge on any atom is 0.414 e. The number of rotatable bonds is 6. The van der Waals surface area contributed by atoms with E-state index in [0.717, 1.165) is 35.1 Å². The highest BCUT2D eigenvalue weighted by Crippen LogP contribution is 2.28. The summed E-state index contributed by atoms with van der Waals surface area (Å²) in [5.74, 6) is 0. The van der Waals surface area contributed by atoms with Crippen LogP contribution in [-0.4, -0.2) is 23.2 Å². The molecule has 1 heterocycles. The quantitative estimate of drug-likeness (QED) is 0.617. The van der Waals surface area contributed by atoms with Gasteiger partial charge in [-0.15, -0.1) is 0 Å². The summed E-state index contributed by atoms with van der Waals surface area (Å²) in [5, 5.41) is 0.981. The van der Waals surface area contributed by atoms with Crippen molar-refractivity contribution in [2.24, 2.45) is 0 Å². The highest BCUT2D eigenvalue weighted by Gasteiger charge is 2.24. The molecule has 1 aromatic carbocycles. The van der Waals surface area contributed by atoms with Crippen LogP contribution >= 0.6 is 0 Å². The molecule has 0 atom stereocenters. The molecule has 0 aliphatic carbocycles. The van der Waals surface area contributed by atoms with E-state index in [2.05, 4.69) is 11.9 Å². The Kier molecular flexibility index (Phi) is 6.40. The number of ether oxygens (including phenoxy) is 1. The normalized spacial score (nSPS) is 11.6. The van der Waals surface area contributed by atoms with Crippen molar-refractivity contribution in [2.45, 2.75) is 65.9 Å². The van der Waals surface area contributed by atoms with Crippen molar-refractivity contribution in [3.05, 3.63) is 36.0 Å². The molecule has 2 aromatic rings. The number of para-hydroxylation sites is 1. The molecule has 0 unspecified atom stereocenters. The lowest BCUT2D eigenvalue weighted by Gasteiger charge is -2.28. The Labute approximate surface area is 151 Å². The number of fused-ring (bicyclic) bond motifs is 1. The minimum Gasteiger partial charge on any atom is -0.443 e. The summed E-state index contributed by atoms with van der Waals surface area (Å²) in [7, 11) is 0. The van der Waals surface area contributed by atoms with Crippen molar-refractivity contribution >= 4 is 22.7 Å². The number of unbranched alkanes of at least 4 members (excludes halogenated alkanes) is 3. The van der Waals surface area contributed by atoms with Crippen molar-refractivity contribution in [3.8, 4) is 0 Å². The van der Waals surface area contributed by atoms with Crippen LogP contribution in [0.15, 0.2) is 30.3 Å². The highest BCUT2D eigenvalue weighted by atomic mass is 16.6. The number of carbonyl (C=O) groups excluding carboxylic acids is 1. The predicted molar refractivity (Wildman–Crippen MR) is 104 cm³/mol. The van der Waals surface area contributed by atoms with Gasteiger partial charge in [-0.2, -0.15) is 0 Å². The number of aryl methyl sites for hydroxylation is 1. The summed E-state index contributed by atoms with van der Waals surface area (Å²) < 4.78 is 5.67. The number of anilines is 1. The number of aromatic nitrogens is 1. The first kappa shape index (κ1) is 19.2. The number of nitrogens with zero attached hydrogens (tertiary/aromatic N) is 2. The molecule has 4 nitrogen and oxygen atoms in total. The molecule has 25 heavy (non-hydrogen) atoms. The number of hydrogen-bond acceptors (Lipinski definition) is 3. The standard InChI is InChI=1S/C21H30N2O2/c1-6-7-8-11-14-23(20(24)25-21(3,4)5)19-15-16(2)22-18-13-10-9-12-17(18)19/h9-10,12-13,15H,6-8,11,14H2,1-5H3. The zero-order valence-electron chi connectivity index (χ0n) is 16.1. The molecule has 0 fully saturated rings. The lowest BCUT2D eigenvalue weighted by molar-refractivity contribution is 0.0580. The van der Waals surface area contributed by atoms with Crippen LogP contribution in [0.5, 0.6) is 0 Å². The Hall–Kier alpha value is -2.10. The van der Waals surface area contributed by atoms with Crippen LogP contribution in [-0.2, 0) is 4.74 Å². The van der Waals surface area contributed by atoms with E-state index in [1.807, 2.05) is 58.0 Å². The first-order valence-corrected chi connectivity index (χ1v) is 9.18. The van der Waals surface area contributed by atoms with Crippen LogP contribution in [0.3, 0.4) is 0 Å². The second kappa shape index (κ2) is 8.32. The van der Waals surface area contributed by atoms with E-state index in [1.54, 1.807) is 4.90 Å². The smallest absolute Gasteiger partial charge is 0.414 e. The van der Waals surface area contributed by atoms with E-state index in [9.17, 15) is 4.79 Å². The molecule has 1 amide bonds. The molecule has 0 saturated carbocycles. The van der Waals surface area contributed by atoms with Gasteiger partial charge in [-0.05, 0) is 46.2 Å². The summed E-state index contributed by atoms with van der Waals surface area (Å²) in [6.45, 7) is 10.5. The van der Waals surface area contributed by atoms with Gasteiger partial charge < -0.3 is 4.74 Å². The van der Waals surface area contributed by atoms with E-state index in [1.165, 1.54) is 12.8 Å². The Morgan fingerprint density at radius 1 is 1.16 bits per heavy atom. The summed E-state index contributed by atoms with van der Waals surface area (Å²) in [4.78, 5) is 19.2. The highest BCUT2D eigenvalue weighted by molar-refractivity contribution is 6.00. The zero-order chi connectivity index (χ0) is 18.4. The van der Waals surface area contributed by atoms with Gasteiger partial charge >= 0.3 is 6.09 Å². The molecule has 1 aromatic heterocycles. The van der Waals surface area contributed by atoms with Gasteiger partial charge in [-0.1, -0.05) is 44.4 Å². The molecular formula is C21H30N2O2. The molecule has 0 aliphatic heterocycles. The summed E-state index contributed by atoms with van der Waals surface area (Å²) in [5.41, 5.74) is 2.17. The zero-order valence-corrected chi connectivity index (χ0v) is 16.1. The summed E-state index contributed by atoms with van der Waals surface area (Å²) >= 11 is 0. The van der Waals surface area contributed by atoms with Gasteiger partial charge in [-0.3, -0.25) is 9.88 Å². The van der Waals surface area contributed by atoms with Crippen molar-refractivity contribution in [3.63, 3.8) is 0 Å². The fourth-order valence-electron chi connectivity index (χ4n) is 2.83. The minimum absolute atomic E-state index is 0.292. The second-order valence-electron chi connectivity index (χ2n) is 7.49.